The third-order valence-electron chi connectivity index (χ3n) is 1.56. The fourth-order valence-electron chi connectivity index (χ4n) is 0.974. The lowest BCUT2D eigenvalue weighted by Gasteiger charge is -1.87. The molecular weight excluding hydrogens is 168 g/mol. The van der Waals surface area contributed by atoms with Gasteiger partial charge in [0.25, 0.3) is 0 Å². The van der Waals surface area contributed by atoms with E-state index in [1.807, 2.05) is 13.8 Å². The number of nitrogens with zero attached hydrogens (tertiary/aromatic N) is 3. The van der Waals surface area contributed by atoms with Gasteiger partial charge in [-0.3, -0.25) is 4.57 Å². The largest absolute Gasteiger partial charge is 0.327 e. The predicted octanol–water partition coefficient (Wildman–Crippen LogP) is 0.683. The molecule has 2 aromatic rings. The van der Waals surface area contributed by atoms with E-state index in [2.05, 4.69) is 15.0 Å². The number of nitrogens with one attached hydrogen (secondary N) is 1. The average Bonchev–Trinajstić information content (AvgIpc) is 2.47. The normalized spacial score (nSPS) is 9.46. The van der Waals surface area contributed by atoms with Gasteiger partial charge in [0.2, 0.25) is 0 Å². The van der Waals surface area contributed by atoms with Gasteiger partial charge in [-0.1, -0.05) is 13.8 Å². The lowest BCUT2D eigenvalue weighted by atomic mass is 10.6. The second-order valence-electron chi connectivity index (χ2n) is 2.25. The Morgan fingerprint density at radius 1 is 1.46 bits per heavy atom. The molecule has 0 fully saturated rings. The smallest absolute Gasteiger partial charge is 0.303 e. The number of H-pyrrole nitrogens is 1. The van der Waals surface area contributed by atoms with E-state index in [4.69, 9.17) is 0 Å². The summed E-state index contributed by atoms with van der Waals surface area (Å²) in [5, 5.41) is 0. The monoisotopic (exact) mass is 180 g/mol. The molecule has 0 aliphatic rings. The van der Waals surface area contributed by atoms with E-state index in [1.165, 1.54) is 10.9 Å². The van der Waals surface area contributed by atoms with Crippen LogP contribution in [0.15, 0.2) is 17.3 Å². The summed E-state index contributed by atoms with van der Waals surface area (Å²) in [4.78, 5) is 21.3. The standard InChI is InChI=1S/C6H6N4O.C2H6/c1-10-5-4(9-6(10)11)2-7-3-8-5;1-2/h2-3H,1H3,(H,9,11);1-2H3. The van der Waals surface area contributed by atoms with Gasteiger partial charge in [-0.05, 0) is 0 Å². The minimum Gasteiger partial charge on any atom is -0.303 e. The second-order valence-corrected chi connectivity index (χ2v) is 2.25. The minimum atomic E-state index is -0.166. The van der Waals surface area contributed by atoms with E-state index in [-0.39, 0.29) is 5.69 Å². The zero-order chi connectivity index (χ0) is 9.84. The van der Waals surface area contributed by atoms with Gasteiger partial charge < -0.3 is 4.98 Å². The molecule has 5 nitrogen and oxygen atoms in total. The van der Waals surface area contributed by atoms with E-state index < -0.39 is 0 Å². The number of hydrogen-bond acceptors (Lipinski definition) is 3. The summed E-state index contributed by atoms with van der Waals surface area (Å²) in [7, 11) is 1.66. The average molecular weight is 180 g/mol. The van der Waals surface area contributed by atoms with Crippen LogP contribution in [0.25, 0.3) is 11.2 Å². The molecule has 0 bridgehead atoms. The first-order chi connectivity index (χ1) is 6.29. The number of rotatable bonds is 0. The lowest BCUT2D eigenvalue weighted by molar-refractivity contribution is 0.877. The Morgan fingerprint density at radius 2 is 2.15 bits per heavy atom. The van der Waals surface area contributed by atoms with Crippen molar-refractivity contribution in [3.05, 3.63) is 23.0 Å². The highest BCUT2D eigenvalue weighted by atomic mass is 16.1. The maximum Gasteiger partial charge on any atom is 0.327 e. The zero-order valence-electron chi connectivity index (χ0n) is 7.90. The highest BCUT2D eigenvalue weighted by Crippen LogP contribution is 2.00. The van der Waals surface area contributed by atoms with Gasteiger partial charge in [0.05, 0.1) is 6.20 Å². The van der Waals surface area contributed by atoms with Crippen LogP contribution in [-0.4, -0.2) is 19.5 Å². The van der Waals surface area contributed by atoms with E-state index >= 15 is 0 Å². The van der Waals surface area contributed by atoms with E-state index in [1.54, 1.807) is 13.2 Å². The zero-order valence-corrected chi connectivity index (χ0v) is 7.90. The molecule has 2 aromatic heterocycles. The summed E-state index contributed by atoms with van der Waals surface area (Å²) in [6.45, 7) is 4.00. The molecule has 0 amide bonds. The SMILES string of the molecule is CC.Cn1c(=O)[nH]c2cncnc21. The fourth-order valence-corrected chi connectivity index (χ4v) is 0.974. The van der Waals surface area contributed by atoms with Gasteiger partial charge in [-0.25, -0.2) is 14.8 Å². The Balaban J connectivity index is 0.000000396. The summed E-state index contributed by atoms with van der Waals surface area (Å²) in [6.07, 6.45) is 2.99. The van der Waals surface area contributed by atoms with Crippen LogP contribution in [0.4, 0.5) is 0 Å². The highest BCUT2D eigenvalue weighted by Gasteiger charge is 2.01. The highest BCUT2D eigenvalue weighted by molar-refractivity contribution is 5.68. The number of aromatic amines is 1. The molecule has 0 unspecified atom stereocenters. The molecule has 0 aromatic carbocycles. The Bertz CT molecular complexity index is 443. The summed E-state index contributed by atoms with van der Waals surface area (Å²) < 4.78 is 1.44. The molecule has 0 saturated heterocycles. The maximum absolute atomic E-state index is 11.0. The summed E-state index contributed by atoms with van der Waals surface area (Å²) >= 11 is 0. The summed E-state index contributed by atoms with van der Waals surface area (Å²) in [5.41, 5.74) is 1.13. The molecule has 0 aliphatic carbocycles. The van der Waals surface area contributed by atoms with Crippen LogP contribution in [0.5, 0.6) is 0 Å². The summed E-state index contributed by atoms with van der Waals surface area (Å²) in [5.74, 6) is 0. The molecule has 0 saturated carbocycles. The van der Waals surface area contributed by atoms with Crippen molar-refractivity contribution in [2.24, 2.45) is 7.05 Å². The molecule has 0 radical (unpaired) electrons. The van der Waals surface area contributed by atoms with Gasteiger partial charge >= 0.3 is 5.69 Å². The quantitative estimate of drug-likeness (QED) is 0.648. The molecule has 2 rings (SSSR count). The van der Waals surface area contributed by atoms with Gasteiger partial charge in [0.15, 0.2) is 5.65 Å². The third-order valence-corrected chi connectivity index (χ3v) is 1.56. The van der Waals surface area contributed by atoms with Gasteiger partial charge in [-0.15, -0.1) is 0 Å². The van der Waals surface area contributed by atoms with Crippen LogP contribution >= 0.6 is 0 Å². The number of aryl methyl sites for hydroxylation is 1. The van der Waals surface area contributed by atoms with Crippen LogP contribution in [0.3, 0.4) is 0 Å². The van der Waals surface area contributed by atoms with Crippen molar-refractivity contribution in [1.82, 2.24) is 19.5 Å². The Morgan fingerprint density at radius 3 is 2.77 bits per heavy atom. The molecule has 0 aliphatic heterocycles. The first-order valence-corrected chi connectivity index (χ1v) is 4.14. The first kappa shape index (κ1) is 9.44. The van der Waals surface area contributed by atoms with Gasteiger partial charge in [-0.2, -0.15) is 0 Å². The van der Waals surface area contributed by atoms with Crippen molar-refractivity contribution >= 4 is 11.2 Å². The van der Waals surface area contributed by atoms with Crippen LogP contribution in [0, 0.1) is 0 Å². The van der Waals surface area contributed by atoms with Crippen LogP contribution in [0.2, 0.25) is 0 Å². The van der Waals surface area contributed by atoms with Crippen molar-refractivity contribution in [1.29, 1.82) is 0 Å². The number of fused-ring (bicyclic) bond motifs is 1. The third kappa shape index (κ3) is 1.58. The molecule has 0 spiro atoms. The Hall–Kier alpha value is -1.65. The van der Waals surface area contributed by atoms with Crippen molar-refractivity contribution in [3.63, 3.8) is 0 Å². The number of hydrogen-bond donors (Lipinski definition) is 1. The first-order valence-electron chi connectivity index (χ1n) is 4.14. The van der Waals surface area contributed by atoms with E-state index in [0.717, 1.165) is 0 Å². The number of imidazole rings is 1. The molecule has 2 heterocycles. The Kier molecular flexibility index (Phi) is 2.79. The second kappa shape index (κ2) is 3.84. The summed E-state index contributed by atoms with van der Waals surface area (Å²) in [6, 6.07) is 0. The van der Waals surface area contributed by atoms with E-state index in [0.29, 0.717) is 11.2 Å². The minimum absolute atomic E-state index is 0.166. The maximum atomic E-state index is 11.0. The van der Waals surface area contributed by atoms with Crippen molar-refractivity contribution in [2.75, 3.05) is 0 Å². The van der Waals surface area contributed by atoms with Crippen LogP contribution in [0.1, 0.15) is 13.8 Å². The molecular formula is C8H12N4O. The van der Waals surface area contributed by atoms with Gasteiger partial charge in [0.1, 0.15) is 11.8 Å². The molecule has 13 heavy (non-hydrogen) atoms. The molecule has 5 heteroatoms. The van der Waals surface area contributed by atoms with Gasteiger partial charge in [0, 0.05) is 7.05 Å². The van der Waals surface area contributed by atoms with Crippen molar-refractivity contribution < 1.29 is 0 Å². The van der Waals surface area contributed by atoms with E-state index in [9.17, 15) is 4.79 Å². The van der Waals surface area contributed by atoms with Crippen molar-refractivity contribution in [2.45, 2.75) is 13.8 Å². The fraction of sp³-hybridized carbons (Fsp3) is 0.375. The van der Waals surface area contributed by atoms with Crippen LogP contribution < -0.4 is 5.69 Å². The molecule has 0 atom stereocenters. The predicted molar refractivity (Wildman–Crippen MR) is 50.5 cm³/mol. The van der Waals surface area contributed by atoms with Crippen LogP contribution in [-0.2, 0) is 7.05 Å². The number of aromatic nitrogens is 4. The van der Waals surface area contributed by atoms with Crippen molar-refractivity contribution in [3.8, 4) is 0 Å². The molecule has 70 valence electrons. The topological polar surface area (TPSA) is 63.6 Å². The molecule has 1 N–H and O–H groups in total. The Labute approximate surface area is 75.5 Å². The lowest BCUT2D eigenvalue weighted by Crippen LogP contribution is -2.12.